The second kappa shape index (κ2) is 10.9. The molecule has 0 aromatic heterocycles. The average Bonchev–Trinajstić information content (AvgIpc) is 3.41. The van der Waals surface area contributed by atoms with Crippen LogP contribution in [-0.2, 0) is 28.4 Å². The number of esters is 1. The summed E-state index contributed by atoms with van der Waals surface area (Å²) < 4.78 is 38.1. The molecule has 45 heavy (non-hydrogen) atoms. The molecule has 1 aromatic rings. The summed E-state index contributed by atoms with van der Waals surface area (Å²) in [5.74, 6) is -2.18. The first kappa shape index (κ1) is 31.9. The lowest BCUT2D eigenvalue weighted by molar-refractivity contribution is -0.330. The summed E-state index contributed by atoms with van der Waals surface area (Å²) in [6.07, 6.45) is -4.41. The predicted molar refractivity (Wildman–Crippen MR) is 160 cm³/mol. The number of hydrogen-bond acceptors (Lipinski definition) is 11. The molecule has 3 N–H and O–H groups in total. The number of hydrogen-bond donors (Lipinski definition) is 3. The number of ether oxygens (including phenoxy) is 6. The summed E-state index contributed by atoms with van der Waals surface area (Å²) in [5.41, 5.74) is -4.00. The van der Waals surface area contributed by atoms with Gasteiger partial charge in [-0.15, -0.1) is 0 Å². The van der Waals surface area contributed by atoms with Gasteiger partial charge in [0, 0.05) is 82.6 Å². The van der Waals surface area contributed by atoms with Crippen LogP contribution < -0.4 is 0 Å². The molecule has 11 heteroatoms. The van der Waals surface area contributed by atoms with Gasteiger partial charge in [0.1, 0.15) is 29.5 Å². The van der Waals surface area contributed by atoms with E-state index in [1.54, 1.807) is 45.6 Å². The number of carbonyl (C=O) groups is 1. The van der Waals surface area contributed by atoms with Crippen LogP contribution in [0, 0.1) is 34.5 Å². The number of carbonyl (C=O) groups excluding carboxylic acids is 1. The zero-order valence-corrected chi connectivity index (χ0v) is 27.1. The third-order valence-electron chi connectivity index (χ3n) is 13.2. The molecule has 5 saturated carbocycles. The Hall–Kier alpha value is -1.67. The fourth-order valence-corrected chi connectivity index (χ4v) is 12.4. The van der Waals surface area contributed by atoms with E-state index in [4.69, 9.17) is 28.4 Å². The number of aliphatic hydroxyl groups is 3. The smallest absolute Gasteiger partial charge is 0.338 e. The monoisotopic (exact) mass is 631 g/mol. The number of methoxy groups -OCH3 is 4. The average molecular weight is 632 g/mol. The van der Waals surface area contributed by atoms with E-state index in [-0.39, 0.29) is 30.9 Å². The minimum Gasteiger partial charge on any atom is -0.455 e. The summed E-state index contributed by atoms with van der Waals surface area (Å²) >= 11 is 0. The molecule has 6 fully saturated rings. The standard InChI is InChI=1S/C34H49NO10/c1-7-35-16-31(17-40-3)20(36)14-21(41-4)33-19-15-32(39)28(45-30(38)18-12-10-9-11-13-18)22(19)34(44-8-2,27(37)29(32)43-6)23(26(33)35)24(42-5)25(31)33/h9-13,19-29,36-37,39H,7-8,14-17H2,1-6H3/t19-,20-,21?,22?,23+,24+,25-,26+,27+,28?,29+,31+,32-,33?,34-/m1/s1. The first-order valence-electron chi connectivity index (χ1n) is 16.4. The van der Waals surface area contributed by atoms with Crippen molar-refractivity contribution < 1.29 is 48.5 Å². The highest BCUT2D eigenvalue weighted by Gasteiger charge is 2.91. The van der Waals surface area contributed by atoms with Crippen LogP contribution in [0.3, 0.4) is 0 Å². The molecule has 15 atom stereocenters. The minimum atomic E-state index is -1.71. The molecule has 7 rings (SSSR count). The van der Waals surface area contributed by atoms with Crippen LogP contribution in [0.15, 0.2) is 30.3 Å². The Morgan fingerprint density at radius 3 is 2.33 bits per heavy atom. The lowest BCUT2D eigenvalue weighted by Crippen LogP contribution is -2.81. The second-order valence-corrected chi connectivity index (χ2v) is 14.3. The normalized spacial score (nSPS) is 50.9. The molecule has 0 amide bonds. The van der Waals surface area contributed by atoms with E-state index in [1.165, 1.54) is 7.11 Å². The van der Waals surface area contributed by atoms with Gasteiger partial charge in [0.2, 0.25) is 0 Å². The molecule has 1 aromatic carbocycles. The van der Waals surface area contributed by atoms with E-state index >= 15 is 0 Å². The zero-order valence-electron chi connectivity index (χ0n) is 27.1. The van der Waals surface area contributed by atoms with Gasteiger partial charge in [-0.2, -0.15) is 0 Å². The van der Waals surface area contributed by atoms with Crippen molar-refractivity contribution in [2.75, 3.05) is 54.7 Å². The maximum atomic E-state index is 13.8. The number of piperidine rings is 1. The quantitative estimate of drug-likeness (QED) is 0.321. The molecular formula is C34H49NO10. The number of aliphatic hydroxyl groups excluding tert-OH is 2. The van der Waals surface area contributed by atoms with Gasteiger partial charge < -0.3 is 43.7 Å². The van der Waals surface area contributed by atoms with Gasteiger partial charge in [0.15, 0.2) is 0 Å². The Kier molecular flexibility index (Phi) is 7.75. The van der Waals surface area contributed by atoms with Crippen molar-refractivity contribution >= 4 is 5.97 Å². The lowest BCUT2D eigenvalue weighted by Gasteiger charge is -2.70. The predicted octanol–water partition coefficient (Wildman–Crippen LogP) is 1.12. The SMILES string of the molecule is CCO[C@]12C3C(OC(=O)c4ccccc4)[C@](O)(C[C@H]3C34C(OC)C[C@@H](O)[C@@]5(COC)CN(CC)[C@H]3[C@@H]1[C@H](OC)[C@@H]45)[C@@H](OC)[C@@H]2O. The van der Waals surface area contributed by atoms with Gasteiger partial charge in [0.05, 0.1) is 30.5 Å². The number of likely N-dealkylation sites (tertiary alicyclic amines) is 1. The van der Waals surface area contributed by atoms with Crippen LogP contribution in [0.25, 0.3) is 0 Å². The summed E-state index contributed by atoms with van der Waals surface area (Å²) in [4.78, 5) is 16.2. The molecule has 6 aliphatic rings. The van der Waals surface area contributed by atoms with E-state index in [0.29, 0.717) is 31.7 Å². The molecule has 5 aliphatic carbocycles. The Bertz CT molecular complexity index is 1280. The molecule has 4 unspecified atom stereocenters. The van der Waals surface area contributed by atoms with Crippen molar-refractivity contribution in [3.63, 3.8) is 0 Å². The number of rotatable bonds is 10. The maximum Gasteiger partial charge on any atom is 0.338 e. The third-order valence-corrected chi connectivity index (χ3v) is 13.2. The maximum absolute atomic E-state index is 13.8. The van der Waals surface area contributed by atoms with Gasteiger partial charge in [-0.25, -0.2) is 4.79 Å². The van der Waals surface area contributed by atoms with Gasteiger partial charge in [0.25, 0.3) is 0 Å². The van der Waals surface area contributed by atoms with Crippen LogP contribution in [0.4, 0.5) is 0 Å². The Morgan fingerprint density at radius 1 is 1.00 bits per heavy atom. The molecule has 1 spiro atoms. The summed E-state index contributed by atoms with van der Waals surface area (Å²) in [5, 5.41) is 37.3. The molecular weight excluding hydrogens is 582 g/mol. The summed E-state index contributed by atoms with van der Waals surface area (Å²) in [6, 6.07) is 8.57. The minimum absolute atomic E-state index is 0.175. The van der Waals surface area contributed by atoms with Gasteiger partial charge in [-0.05, 0) is 37.9 Å². The molecule has 7 bridgehead atoms. The lowest BCUT2D eigenvalue weighted by atomic mass is 9.42. The third kappa shape index (κ3) is 3.60. The first-order chi connectivity index (χ1) is 21.6. The van der Waals surface area contributed by atoms with Crippen LogP contribution in [-0.4, -0.2) is 135 Å². The Balaban J connectivity index is 1.51. The largest absolute Gasteiger partial charge is 0.455 e. The van der Waals surface area contributed by atoms with Crippen molar-refractivity contribution in [1.82, 2.24) is 4.90 Å². The van der Waals surface area contributed by atoms with Crippen molar-refractivity contribution in [2.24, 2.45) is 34.5 Å². The fourth-order valence-electron chi connectivity index (χ4n) is 12.4. The first-order valence-corrected chi connectivity index (χ1v) is 16.4. The van der Waals surface area contributed by atoms with E-state index < -0.39 is 76.5 Å². The van der Waals surface area contributed by atoms with Gasteiger partial charge in [-0.1, -0.05) is 25.1 Å². The highest BCUT2D eigenvalue weighted by atomic mass is 16.6. The summed E-state index contributed by atoms with van der Waals surface area (Å²) in [7, 11) is 6.53. The molecule has 250 valence electrons. The van der Waals surface area contributed by atoms with E-state index in [9.17, 15) is 20.1 Å². The Labute approximate surface area is 265 Å². The van der Waals surface area contributed by atoms with Crippen molar-refractivity contribution in [3.8, 4) is 0 Å². The summed E-state index contributed by atoms with van der Waals surface area (Å²) in [6.45, 7) is 5.86. The van der Waals surface area contributed by atoms with Gasteiger partial charge in [-0.3, -0.25) is 4.90 Å². The van der Waals surface area contributed by atoms with Crippen LogP contribution in [0.5, 0.6) is 0 Å². The van der Waals surface area contributed by atoms with Crippen molar-refractivity contribution in [1.29, 1.82) is 0 Å². The van der Waals surface area contributed by atoms with Gasteiger partial charge >= 0.3 is 5.97 Å². The highest BCUT2D eigenvalue weighted by molar-refractivity contribution is 5.89. The van der Waals surface area contributed by atoms with E-state index in [0.717, 1.165) is 0 Å². The fraction of sp³-hybridized carbons (Fsp3) is 0.794. The topological polar surface area (TPSA) is 136 Å². The highest BCUT2D eigenvalue weighted by Crippen LogP contribution is 2.80. The number of fused-ring (bicyclic) bond motifs is 2. The van der Waals surface area contributed by atoms with E-state index in [1.807, 2.05) is 13.0 Å². The molecule has 0 radical (unpaired) electrons. The second-order valence-electron chi connectivity index (χ2n) is 14.3. The molecule has 1 heterocycles. The van der Waals surface area contributed by atoms with E-state index in [2.05, 4.69) is 11.8 Å². The van der Waals surface area contributed by atoms with Crippen LogP contribution in [0.1, 0.15) is 37.0 Å². The van der Waals surface area contributed by atoms with Crippen LogP contribution in [0.2, 0.25) is 0 Å². The molecule has 11 nitrogen and oxygen atoms in total. The number of nitrogens with zero attached hydrogens (tertiary/aromatic N) is 1. The molecule has 1 saturated heterocycles. The van der Waals surface area contributed by atoms with Crippen molar-refractivity contribution in [3.05, 3.63) is 35.9 Å². The number of benzene rings is 1. The molecule has 1 aliphatic heterocycles. The van der Waals surface area contributed by atoms with Crippen molar-refractivity contribution in [2.45, 2.75) is 80.6 Å². The zero-order chi connectivity index (χ0) is 32.1. The Morgan fingerprint density at radius 2 is 1.73 bits per heavy atom. The van der Waals surface area contributed by atoms with Crippen LogP contribution >= 0.6 is 0 Å².